The lowest BCUT2D eigenvalue weighted by molar-refractivity contribution is 0.0954. The Morgan fingerprint density at radius 1 is 1.50 bits per heavy atom. The molecule has 1 amide bonds. The van der Waals surface area contributed by atoms with Crippen LogP contribution in [0.4, 0.5) is 0 Å². The van der Waals surface area contributed by atoms with Gasteiger partial charge in [-0.3, -0.25) is 4.79 Å². The second-order valence-electron chi connectivity index (χ2n) is 3.20. The number of hydrogen-bond acceptors (Lipinski definition) is 2. The second-order valence-corrected chi connectivity index (χ2v) is 4.75. The molecule has 4 heteroatoms. The predicted octanol–water partition coefficient (Wildman–Crippen LogP) is 2.48. The SMILES string of the molecule is Cc1cc2c(cc1Cl)SCCNC2=O. The van der Waals surface area contributed by atoms with E-state index in [4.69, 9.17) is 11.6 Å². The van der Waals surface area contributed by atoms with Crippen LogP contribution < -0.4 is 5.32 Å². The molecular formula is C10H10ClNOS. The smallest absolute Gasteiger partial charge is 0.252 e. The zero-order valence-corrected chi connectivity index (χ0v) is 9.34. The molecule has 1 aromatic carbocycles. The molecule has 1 aliphatic rings. The largest absolute Gasteiger partial charge is 0.351 e. The lowest BCUT2D eigenvalue weighted by Crippen LogP contribution is -2.23. The maximum Gasteiger partial charge on any atom is 0.252 e. The van der Waals surface area contributed by atoms with Crippen LogP contribution in [0.15, 0.2) is 17.0 Å². The van der Waals surface area contributed by atoms with Gasteiger partial charge < -0.3 is 5.32 Å². The van der Waals surface area contributed by atoms with Gasteiger partial charge in [0.15, 0.2) is 0 Å². The molecule has 2 nitrogen and oxygen atoms in total. The molecule has 0 spiro atoms. The van der Waals surface area contributed by atoms with Crippen molar-refractivity contribution in [3.8, 4) is 0 Å². The molecule has 0 aromatic heterocycles. The molecule has 1 N–H and O–H groups in total. The number of rotatable bonds is 0. The zero-order chi connectivity index (χ0) is 10.1. The van der Waals surface area contributed by atoms with Gasteiger partial charge in [0, 0.05) is 22.2 Å². The summed E-state index contributed by atoms with van der Waals surface area (Å²) >= 11 is 7.67. The molecule has 0 atom stereocenters. The highest BCUT2D eigenvalue weighted by Crippen LogP contribution is 2.29. The van der Waals surface area contributed by atoms with Crippen LogP contribution >= 0.6 is 23.4 Å². The number of halogens is 1. The maximum absolute atomic E-state index is 11.6. The van der Waals surface area contributed by atoms with Gasteiger partial charge in [0.2, 0.25) is 0 Å². The number of benzene rings is 1. The lowest BCUT2D eigenvalue weighted by atomic mass is 10.1. The topological polar surface area (TPSA) is 29.1 Å². The molecular weight excluding hydrogens is 218 g/mol. The Morgan fingerprint density at radius 3 is 3.07 bits per heavy atom. The minimum Gasteiger partial charge on any atom is -0.351 e. The van der Waals surface area contributed by atoms with E-state index in [0.717, 1.165) is 33.3 Å². The third kappa shape index (κ3) is 1.74. The molecule has 1 aliphatic heterocycles. The Kier molecular flexibility index (Phi) is 2.70. The Labute approximate surface area is 92.0 Å². The Hall–Kier alpha value is -0.670. The average Bonchev–Trinajstić information content (AvgIpc) is 2.31. The summed E-state index contributed by atoms with van der Waals surface area (Å²) < 4.78 is 0. The van der Waals surface area contributed by atoms with Gasteiger partial charge in [0.1, 0.15) is 0 Å². The van der Waals surface area contributed by atoms with Gasteiger partial charge in [0.25, 0.3) is 5.91 Å². The molecule has 1 heterocycles. The normalized spacial score (nSPS) is 15.7. The fourth-order valence-corrected chi connectivity index (χ4v) is 2.54. The van der Waals surface area contributed by atoms with Crippen LogP contribution in [0.1, 0.15) is 15.9 Å². The first-order valence-corrected chi connectivity index (χ1v) is 5.76. The van der Waals surface area contributed by atoms with Crippen molar-refractivity contribution in [3.05, 3.63) is 28.3 Å². The summed E-state index contributed by atoms with van der Waals surface area (Å²) in [5.41, 5.74) is 1.69. The highest BCUT2D eigenvalue weighted by molar-refractivity contribution is 7.99. The zero-order valence-electron chi connectivity index (χ0n) is 7.76. The summed E-state index contributed by atoms with van der Waals surface area (Å²) in [7, 11) is 0. The van der Waals surface area contributed by atoms with E-state index in [1.165, 1.54) is 0 Å². The molecule has 0 bridgehead atoms. The van der Waals surface area contributed by atoms with Gasteiger partial charge in [-0.25, -0.2) is 0 Å². The molecule has 14 heavy (non-hydrogen) atoms. The van der Waals surface area contributed by atoms with Crippen molar-refractivity contribution >= 4 is 29.3 Å². The van der Waals surface area contributed by atoms with Crippen molar-refractivity contribution in [2.75, 3.05) is 12.3 Å². The molecule has 0 saturated heterocycles. The van der Waals surface area contributed by atoms with Crippen LogP contribution in [-0.4, -0.2) is 18.2 Å². The standard InChI is InChI=1S/C10H10ClNOS/c1-6-4-7-9(5-8(6)11)14-3-2-12-10(7)13/h4-5H,2-3H2,1H3,(H,12,13). The first-order chi connectivity index (χ1) is 6.68. The summed E-state index contributed by atoms with van der Waals surface area (Å²) in [5, 5.41) is 3.57. The van der Waals surface area contributed by atoms with E-state index in [9.17, 15) is 4.79 Å². The van der Waals surface area contributed by atoms with Crippen LogP contribution in [0.2, 0.25) is 5.02 Å². The lowest BCUT2D eigenvalue weighted by Gasteiger charge is -2.06. The quantitative estimate of drug-likeness (QED) is 0.738. The number of amides is 1. The van der Waals surface area contributed by atoms with E-state index in [0.29, 0.717) is 0 Å². The maximum atomic E-state index is 11.6. The molecule has 0 aliphatic carbocycles. The Morgan fingerprint density at radius 2 is 2.29 bits per heavy atom. The van der Waals surface area contributed by atoms with Gasteiger partial charge in [-0.05, 0) is 24.6 Å². The van der Waals surface area contributed by atoms with E-state index in [1.807, 2.05) is 19.1 Å². The molecule has 74 valence electrons. The predicted molar refractivity (Wildman–Crippen MR) is 59.2 cm³/mol. The number of carbonyl (C=O) groups excluding carboxylic acids is 1. The molecule has 2 rings (SSSR count). The van der Waals surface area contributed by atoms with Crippen LogP contribution in [-0.2, 0) is 0 Å². The molecule has 0 fully saturated rings. The number of fused-ring (bicyclic) bond motifs is 1. The van der Waals surface area contributed by atoms with Crippen LogP contribution in [0.25, 0.3) is 0 Å². The summed E-state index contributed by atoms with van der Waals surface area (Å²) in [5.74, 6) is 0.905. The molecule has 1 aromatic rings. The third-order valence-electron chi connectivity index (χ3n) is 2.15. The average molecular weight is 228 g/mol. The highest BCUT2D eigenvalue weighted by atomic mass is 35.5. The fraction of sp³-hybridized carbons (Fsp3) is 0.300. The van der Waals surface area contributed by atoms with Crippen LogP contribution in [0.3, 0.4) is 0 Å². The van der Waals surface area contributed by atoms with E-state index in [1.54, 1.807) is 11.8 Å². The highest BCUT2D eigenvalue weighted by Gasteiger charge is 2.16. The molecule has 0 unspecified atom stereocenters. The number of carbonyl (C=O) groups is 1. The summed E-state index contributed by atoms with van der Waals surface area (Å²) in [6.07, 6.45) is 0. The van der Waals surface area contributed by atoms with Crippen molar-refractivity contribution in [3.63, 3.8) is 0 Å². The van der Waals surface area contributed by atoms with Gasteiger partial charge in [-0.1, -0.05) is 11.6 Å². The summed E-state index contributed by atoms with van der Waals surface area (Å²) in [6.45, 7) is 2.63. The fourth-order valence-electron chi connectivity index (χ4n) is 1.38. The summed E-state index contributed by atoms with van der Waals surface area (Å²) in [6, 6.07) is 3.73. The van der Waals surface area contributed by atoms with Crippen LogP contribution in [0, 0.1) is 6.92 Å². The molecule has 0 saturated carbocycles. The van der Waals surface area contributed by atoms with Crippen molar-refractivity contribution in [2.45, 2.75) is 11.8 Å². The minimum atomic E-state index is 0.00441. The van der Waals surface area contributed by atoms with Crippen molar-refractivity contribution in [1.82, 2.24) is 5.32 Å². The van der Waals surface area contributed by atoms with Gasteiger partial charge in [0.05, 0.1) is 5.56 Å². The minimum absolute atomic E-state index is 0.00441. The van der Waals surface area contributed by atoms with Crippen molar-refractivity contribution < 1.29 is 4.79 Å². The van der Waals surface area contributed by atoms with Gasteiger partial charge in [-0.2, -0.15) is 0 Å². The van der Waals surface area contributed by atoms with Crippen molar-refractivity contribution in [1.29, 1.82) is 0 Å². The second kappa shape index (κ2) is 3.83. The van der Waals surface area contributed by atoms with E-state index in [2.05, 4.69) is 5.32 Å². The number of hydrogen-bond donors (Lipinski definition) is 1. The van der Waals surface area contributed by atoms with Gasteiger partial charge >= 0.3 is 0 Å². The van der Waals surface area contributed by atoms with Crippen LogP contribution in [0.5, 0.6) is 0 Å². The Balaban J connectivity index is 2.54. The monoisotopic (exact) mass is 227 g/mol. The number of aryl methyl sites for hydroxylation is 1. The number of nitrogens with one attached hydrogen (secondary N) is 1. The Bertz CT molecular complexity index is 392. The summed E-state index contributed by atoms with van der Waals surface area (Å²) in [4.78, 5) is 12.6. The first-order valence-electron chi connectivity index (χ1n) is 4.39. The van der Waals surface area contributed by atoms with Gasteiger partial charge in [-0.15, -0.1) is 11.8 Å². The first kappa shape index (κ1) is 9.87. The number of thioether (sulfide) groups is 1. The molecule has 0 radical (unpaired) electrons. The van der Waals surface area contributed by atoms with E-state index >= 15 is 0 Å². The van der Waals surface area contributed by atoms with E-state index in [-0.39, 0.29) is 5.91 Å². The third-order valence-corrected chi connectivity index (χ3v) is 3.61. The van der Waals surface area contributed by atoms with E-state index < -0.39 is 0 Å². The van der Waals surface area contributed by atoms with Crippen molar-refractivity contribution in [2.24, 2.45) is 0 Å².